The molecule has 0 aliphatic carbocycles. The lowest BCUT2D eigenvalue weighted by Crippen LogP contribution is -2.49. The zero-order chi connectivity index (χ0) is 11.4. The number of amides is 2. The van der Waals surface area contributed by atoms with Crippen LogP contribution >= 0.6 is 11.8 Å². The maximum atomic E-state index is 12.0. The van der Waals surface area contributed by atoms with Crippen molar-refractivity contribution in [2.45, 2.75) is 38.6 Å². The van der Waals surface area contributed by atoms with Gasteiger partial charge in [0, 0.05) is 24.9 Å². The predicted octanol–water partition coefficient (Wildman–Crippen LogP) is 2.32. The molecule has 0 aromatic carbocycles. The second kappa shape index (κ2) is 5.80. The van der Waals surface area contributed by atoms with Gasteiger partial charge in [-0.05, 0) is 37.4 Å². The molecule has 0 aromatic heterocycles. The van der Waals surface area contributed by atoms with Gasteiger partial charge in [-0.25, -0.2) is 4.79 Å². The van der Waals surface area contributed by atoms with E-state index in [0.717, 1.165) is 44.0 Å². The van der Waals surface area contributed by atoms with E-state index in [1.54, 1.807) is 0 Å². The van der Waals surface area contributed by atoms with E-state index in [2.05, 4.69) is 12.2 Å². The maximum absolute atomic E-state index is 12.0. The largest absolute Gasteiger partial charge is 0.334 e. The highest BCUT2D eigenvalue weighted by Crippen LogP contribution is 2.19. The van der Waals surface area contributed by atoms with Gasteiger partial charge >= 0.3 is 6.03 Å². The normalized spacial score (nSPS) is 27.8. The number of nitrogens with one attached hydrogen (secondary N) is 1. The zero-order valence-corrected chi connectivity index (χ0v) is 10.9. The van der Waals surface area contributed by atoms with Crippen molar-refractivity contribution in [1.82, 2.24) is 10.2 Å². The highest BCUT2D eigenvalue weighted by molar-refractivity contribution is 7.99. The molecule has 2 fully saturated rings. The maximum Gasteiger partial charge on any atom is 0.317 e. The fourth-order valence-corrected chi connectivity index (χ4v) is 3.40. The molecule has 2 rings (SSSR count). The molecule has 1 atom stereocenters. The van der Waals surface area contributed by atoms with Crippen LogP contribution in [0.25, 0.3) is 0 Å². The van der Waals surface area contributed by atoms with Crippen molar-refractivity contribution in [3.63, 3.8) is 0 Å². The van der Waals surface area contributed by atoms with E-state index in [0.29, 0.717) is 6.04 Å². The van der Waals surface area contributed by atoms with Crippen LogP contribution < -0.4 is 5.32 Å². The molecule has 0 bridgehead atoms. The summed E-state index contributed by atoms with van der Waals surface area (Å²) in [7, 11) is 0. The van der Waals surface area contributed by atoms with Gasteiger partial charge in [-0.3, -0.25) is 0 Å². The Balaban J connectivity index is 1.74. The number of nitrogens with zero attached hydrogens (tertiary/aromatic N) is 1. The summed E-state index contributed by atoms with van der Waals surface area (Å²) in [4.78, 5) is 14.0. The fourth-order valence-electron chi connectivity index (χ4n) is 2.33. The molecular formula is C12H22N2OS. The topological polar surface area (TPSA) is 32.3 Å². The van der Waals surface area contributed by atoms with Crippen LogP contribution in [0.1, 0.15) is 32.6 Å². The van der Waals surface area contributed by atoms with Crippen LogP contribution in [0.4, 0.5) is 4.79 Å². The third kappa shape index (κ3) is 3.30. The highest BCUT2D eigenvalue weighted by atomic mass is 32.2. The van der Waals surface area contributed by atoms with Crippen LogP contribution in [0.15, 0.2) is 0 Å². The average Bonchev–Trinajstić information content (AvgIpc) is 2.31. The third-order valence-corrected chi connectivity index (χ3v) is 4.77. The Morgan fingerprint density at radius 1 is 1.31 bits per heavy atom. The lowest BCUT2D eigenvalue weighted by atomic mass is 10.00. The summed E-state index contributed by atoms with van der Waals surface area (Å²) >= 11 is 1.96. The number of carbonyl (C=O) groups excluding carboxylic acids is 1. The summed E-state index contributed by atoms with van der Waals surface area (Å²) in [6.07, 6.45) is 4.72. The van der Waals surface area contributed by atoms with E-state index in [9.17, 15) is 4.79 Å². The first-order valence-electron chi connectivity index (χ1n) is 6.39. The minimum atomic E-state index is 0.166. The minimum Gasteiger partial charge on any atom is -0.334 e. The first kappa shape index (κ1) is 12.1. The smallest absolute Gasteiger partial charge is 0.317 e. The van der Waals surface area contributed by atoms with Gasteiger partial charge < -0.3 is 10.2 Å². The molecule has 4 heteroatoms. The molecule has 2 amide bonds. The van der Waals surface area contributed by atoms with E-state index in [-0.39, 0.29) is 6.03 Å². The van der Waals surface area contributed by atoms with Crippen molar-refractivity contribution in [2.75, 3.05) is 24.6 Å². The number of urea groups is 1. The quantitative estimate of drug-likeness (QED) is 0.765. The highest BCUT2D eigenvalue weighted by Gasteiger charge is 2.23. The number of carbonyl (C=O) groups is 1. The molecule has 0 saturated carbocycles. The number of likely N-dealkylation sites (tertiary alicyclic amines) is 1. The standard InChI is InChI=1S/C12H22N2OS/c1-10-4-6-14(7-5-10)12(15)13-11-3-2-8-16-9-11/h10-11H,2-9H2,1H3,(H,13,15). The molecule has 2 aliphatic heterocycles. The summed E-state index contributed by atoms with van der Waals surface area (Å²) in [5, 5.41) is 3.17. The fraction of sp³-hybridized carbons (Fsp3) is 0.917. The molecule has 16 heavy (non-hydrogen) atoms. The van der Waals surface area contributed by atoms with Gasteiger partial charge in [-0.1, -0.05) is 6.92 Å². The van der Waals surface area contributed by atoms with Crippen LogP contribution in [0, 0.1) is 5.92 Å². The van der Waals surface area contributed by atoms with Crippen LogP contribution in [-0.4, -0.2) is 41.6 Å². The van der Waals surface area contributed by atoms with E-state index in [1.165, 1.54) is 12.2 Å². The molecule has 1 N–H and O–H groups in total. The van der Waals surface area contributed by atoms with Gasteiger partial charge in [0.1, 0.15) is 0 Å². The van der Waals surface area contributed by atoms with Gasteiger partial charge in [0.25, 0.3) is 0 Å². The number of hydrogen-bond acceptors (Lipinski definition) is 2. The number of hydrogen-bond donors (Lipinski definition) is 1. The molecule has 2 heterocycles. The second-order valence-corrected chi connectivity index (χ2v) is 6.18. The van der Waals surface area contributed by atoms with Gasteiger partial charge in [0.15, 0.2) is 0 Å². The van der Waals surface area contributed by atoms with Crippen LogP contribution in [0.5, 0.6) is 0 Å². The average molecular weight is 242 g/mol. The molecule has 1 unspecified atom stereocenters. The molecule has 0 spiro atoms. The van der Waals surface area contributed by atoms with Crippen LogP contribution in [-0.2, 0) is 0 Å². The van der Waals surface area contributed by atoms with E-state index in [1.807, 2.05) is 16.7 Å². The van der Waals surface area contributed by atoms with Crippen LogP contribution in [0.3, 0.4) is 0 Å². The summed E-state index contributed by atoms with van der Waals surface area (Å²) < 4.78 is 0. The summed E-state index contributed by atoms with van der Waals surface area (Å²) in [5.41, 5.74) is 0. The van der Waals surface area contributed by atoms with Crippen molar-refractivity contribution >= 4 is 17.8 Å². The molecular weight excluding hydrogens is 220 g/mol. The Morgan fingerprint density at radius 2 is 2.06 bits per heavy atom. The lowest BCUT2D eigenvalue weighted by molar-refractivity contribution is 0.170. The van der Waals surface area contributed by atoms with Crippen molar-refractivity contribution in [1.29, 1.82) is 0 Å². The Kier molecular flexibility index (Phi) is 4.38. The van der Waals surface area contributed by atoms with Crippen molar-refractivity contribution in [3.8, 4) is 0 Å². The van der Waals surface area contributed by atoms with Crippen LogP contribution in [0.2, 0.25) is 0 Å². The van der Waals surface area contributed by atoms with Crippen molar-refractivity contribution in [2.24, 2.45) is 5.92 Å². The molecule has 0 radical (unpaired) electrons. The molecule has 92 valence electrons. The van der Waals surface area contributed by atoms with Gasteiger partial charge in [0.05, 0.1) is 0 Å². The summed E-state index contributed by atoms with van der Waals surface area (Å²) in [6, 6.07) is 0.574. The van der Waals surface area contributed by atoms with Gasteiger partial charge in [-0.2, -0.15) is 11.8 Å². The third-order valence-electron chi connectivity index (χ3n) is 3.56. The summed E-state index contributed by atoms with van der Waals surface area (Å²) in [6.45, 7) is 4.15. The molecule has 0 aromatic rings. The number of thioether (sulfide) groups is 1. The monoisotopic (exact) mass is 242 g/mol. The number of piperidine rings is 1. The second-order valence-electron chi connectivity index (χ2n) is 5.03. The SMILES string of the molecule is CC1CCN(C(=O)NC2CCCSC2)CC1. The molecule has 3 nitrogen and oxygen atoms in total. The van der Waals surface area contributed by atoms with E-state index >= 15 is 0 Å². The Labute approximate surface area is 102 Å². The van der Waals surface area contributed by atoms with Crippen molar-refractivity contribution < 1.29 is 4.79 Å². The molecule has 2 saturated heterocycles. The first-order valence-corrected chi connectivity index (χ1v) is 7.54. The van der Waals surface area contributed by atoms with Crippen molar-refractivity contribution in [3.05, 3.63) is 0 Å². The zero-order valence-electron chi connectivity index (χ0n) is 10.1. The molecule has 2 aliphatic rings. The van der Waals surface area contributed by atoms with E-state index in [4.69, 9.17) is 0 Å². The first-order chi connectivity index (χ1) is 7.75. The van der Waals surface area contributed by atoms with Gasteiger partial charge in [0.2, 0.25) is 0 Å². The van der Waals surface area contributed by atoms with E-state index < -0.39 is 0 Å². The predicted molar refractivity (Wildman–Crippen MR) is 68.8 cm³/mol. The Bertz CT molecular complexity index is 233. The minimum absolute atomic E-state index is 0.166. The Hall–Kier alpha value is -0.380. The summed E-state index contributed by atoms with van der Waals surface area (Å²) in [5.74, 6) is 3.14. The number of rotatable bonds is 1. The van der Waals surface area contributed by atoms with Gasteiger partial charge in [-0.15, -0.1) is 0 Å². The lowest BCUT2D eigenvalue weighted by Gasteiger charge is -2.32. The Morgan fingerprint density at radius 3 is 2.69 bits per heavy atom.